The van der Waals surface area contributed by atoms with Gasteiger partial charge in [0.25, 0.3) is 5.92 Å². The lowest BCUT2D eigenvalue weighted by Crippen LogP contribution is -2.51. The van der Waals surface area contributed by atoms with E-state index < -0.39 is 77.1 Å². The lowest BCUT2D eigenvalue weighted by molar-refractivity contribution is -0.205. The molecule has 3 aliphatic heterocycles. The number of benzene rings is 1. The van der Waals surface area contributed by atoms with Crippen LogP contribution in [0.3, 0.4) is 0 Å². The van der Waals surface area contributed by atoms with Gasteiger partial charge in [-0.15, -0.1) is 11.3 Å². The normalized spacial score (nSPS) is 24.3. The summed E-state index contributed by atoms with van der Waals surface area (Å²) in [6.45, 7) is 1.25. The predicted molar refractivity (Wildman–Crippen MR) is 149 cm³/mol. The van der Waals surface area contributed by atoms with E-state index in [1.165, 1.54) is 32.1 Å². The number of hydrogen-bond acceptors (Lipinski definition) is 11. The number of aromatic nitrogens is 1. The Labute approximate surface area is 258 Å². The number of fused-ring (bicyclic) bond motifs is 1. The van der Waals surface area contributed by atoms with Crippen LogP contribution in [0.15, 0.2) is 40.0 Å². The summed E-state index contributed by atoms with van der Waals surface area (Å²) in [5.41, 5.74) is -2.19. The highest BCUT2D eigenvalue weighted by atomic mass is 32.1. The number of methoxy groups -OCH3 is 2. The Morgan fingerprint density at radius 1 is 1.24 bits per heavy atom. The van der Waals surface area contributed by atoms with Crippen LogP contribution in [0.25, 0.3) is 0 Å². The number of hydroxylamine groups is 2. The summed E-state index contributed by atoms with van der Waals surface area (Å²) in [5.74, 6) is -10.3. The number of alkyl halides is 2. The fourth-order valence-electron chi connectivity index (χ4n) is 5.75. The number of carboxylic acids is 1. The summed E-state index contributed by atoms with van der Waals surface area (Å²) in [6, 6.07) is -2.34. The first-order chi connectivity index (χ1) is 21.2. The molecule has 11 nitrogen and oxygen atoms in total. The largest absolute Gasteiger partial charge is 0.481 e. The number of likely N-dealkylation sites (tertiary alicyclic amines) is 1. The highest BCUT2D eigenvalue weighted by Crippen LogP contribution is 2.42. The number of amidine groups is 1. The van der Waals surface area contributed by atoms with Crippen LogP contribution in [0.2, 0.25) is 0 Å². The zero-order valence-electron chi connectivity index (χ0n) is 24.5. The summed E-state index contributed by atoms with van der Waals surface area (Å²) >= 11 is 1.14. The number of aliphatic carboxylic acids is 1. The van der Waals surface area contributed by atoms with Crippen molar-refractivity contribution < 1.29 is 51.0 Å². The van der Waals surface area contributed by atoms with E-state index in [0.29, 0.717) is 11.1 Å². The maximum absolute atomic E-state index is 15.7. The molecule has 0 bridgehead atoms. The van der Waals surface area contributed by atoms with E-state index >= 15 is 13.2 Å². The van der Waals surface area contributed by atoms with E-state index in [9.17, 15) is 23.5 Å². The van der Waals surface area contributed by atoms with E-state index in [1.54, 1.807) is 5.38 Å². The molecule has 3 aliphatic rings. The monoisotopic (exact) mass is 659 g/mol. The molecule has 2 saturated heterocycles. The highest BCUT2D eigenvalue weighted by molar-refractivity contribution is 7.11. The fraction of sp³-hybridized carbons (Fsp3) is 0.500. The van der Waals surface area contributed by atoms with Crippen LogP contribution in [0, 0.1) is 22.9 Å². The quantitative estimate of drug-likeness (QED) is 0.223. The van der Waals surface area contributed by atoms with Gasteiger partial charge in [0.2, 0.25) is 0 Å². The first-order valence-corrected chi connectivity index (χ1v) is 14.6. The third kappa shape index (κ3) is 5.94. The van der Waals surface area contributed by atoms with Gasteiger partial charge in [-0.25, -0.2) is 31.7 Å². The molecule has 2 aromatic rings. The number of rotatable bonds is 10. The van der Waals surface area contributed by atoms with Crippen molar-refractivity contribution in [2.75, 3.05) is 40.5 Å². The molecule has 5 rings (SSSR count). The molecule has 4 heterocycles. The van der Waals surface area contributed by atoms with Gasteiger partial charge in [0.1, 0.15) is 12.1 Å². The van der Waals surface area contributed by atoms with E-state index in [4.69, 9.17) is 14.3 Å². The molecule has 17 heteroatoms. The molecule has 1 aromatic carbocycles. The second-order valence-corrected chi connectivity index (χ2v) is 12.2. The number of carbonyl (C=O) groups excluding carboxylic acids is 1. The number of nitrogens with zero attached hydrogens (tertiary/aromatic N) is 4. The van der Waals surface area contributed by atoms with Crippen molar-refractivity contribution in [3.8, 4) is 0 Å². The Morgan fingerprint density at radius 2 is 1.98 bits per heavy atom. The Kier molecular flexibility index (Phi) is 9.02. The number of esters is 1. The van der Waals surface area contributed by atoms with Gasteiger partial charge in [0.05, 0.1) is 49.9 Å². The number of halogens is 5. The Bertz CT molecular complexity index is 1540. The van der Waals surface area contributed by atoms with Gasteiger partial charge in [-0.2, -0.15) is 5.06 Å². The molecule has 2 N–H and O–H groups in total. The number of nitrogens with one attached hydrogen (secondary N) is 1. The summed E-state index contributed by atoms with van der Waals surface area (Å²) in [4.78, 5) is 40.5. The summed E-state index contributed by atoms with van der Waals surface area (Å²) in [5, 5.41) is 15.5. The van der Waals surface area contributed by atoms with Crippen molar-refractivity contribution in [2.24, 2.45) is 10.4 Å². The maximum Gasteiger partial charge on any atom is 0.338 e. The Balaban J connectivity index is 1.52. The number of ether oxygens (including phenoxy) is 2. The molecule has 0 radical (unpaired) electrons. The molecule has 2 fully saturated rings. The van der Waals surface area contributed by atoms with Crippen LogP contribution in [-0.4, -0.2) is 102 Å². The van der Waals surface area contributed by atoms with Crippen molar-refractivity contribution in [3.05, 3.63) is 63.0 Å². The van der Waals surface area contributed by atoms with Crippen molar-refractivity contribution >= 4 is 29.1 Å². The fourth-order valence-corrected chi connectivity index (χ4v) is 6.34. The lowest BCUT2D eigenvalue weighted by Gasteiger charge is -2.34. The third-order valence-corrected chi connectivity index (χ3v) is 9.05. The summed E-state index contributed by atoms with van der Waals surface area (Å²) in [7, 11) is 2.34. The van der Waals surface area contributed by atoms with Crippen LogP contribution >= 0.6 is 11.3 Å². The molecule has 1 aromatic heterocycles. The SMILES string of the molecule is COC(=O)C1=C(CN2CC(F)(F)[C@@H]3[C@H]2CON3C[C@@H](OC)C(C)(C)C(=O)O)NC(c2nccs2)=N[C@H]1c1ccc(F)c(F)c1F. The second-order valence-electron chi connectivity index (χ2n) is 11.3. The van der Waals surface area contributed by atoms with Crippen molar-refractivity contribution in [3.63, 3.8) is 0 Å². The number of thiazole rings is 1. The zero-order valence-corrected chi connectivity index (χ0v) is 25.3. The van der Waals surface area contributed by atoms with Gasteiger partial charge >= 0.3 is 11.9 Å². The van der Waals surface area contributed by atoms with Crippen molar-refractivity contribution in [2.45, 2.75) is 44.0 Å². The molecule has 244 valence electrons. The van der Waals surface area contributed by atoms with Crippen LogP contribution < -0.4 is 5.32 Å². The zero-order chi connectivity index (χ0) is 32.8. The van der Waals surface area contributed by atoms with E-state index in [-0.39, 0.29) is 36.8 Å². The molecule has 0 amide bonds. The van der Waals surface area contributed by atoms with Crippen molar-refractivity contribution in [1.82, 2.24) is 20.3 Å². The number of carboxylic acid groups (broad SMARTS) is 1. The lowest BCUT2D eigenvalue weighted by atomic mass is 9.86. The molecule has 0 aliphatic carbocycles. The van der Waals surface area contributed by atoms with Crippen molar-refractivity contribution in [1.29, 1.82) is 0 Å². The molecular formula is C28H30F5N5O6S. The average Bonchev–Trinajstić information content (AvgIpc) is 3.73. The van der Waals surface area contributed by atoms with Gasteiger partial charge in [-0.3, -0.25) is 19.5 Å². The molecule has 0 spiro atoms. The minimum atomic E-state index is -3.36. The minimum Gasteiger partial charge on any atom is -0.481 e. The van der Waals surface area contributed by atoms with Gasteiger partial charge in [-0.1, -0.05) is 6.07 Å². The van der Waals surface area contributed by atoms with Gasteiger partial charge < -0.3 is 19.9 Å². The third-order valence-electron chi connectivity index (χ3n) is 8.28. The molecule has 45 heavy (non-hydrogen) atoms. The topological polar surface area (TPSA) is 126 Å². The minimum absolute atomic E-state index is 0.00728. The molecular weight excluding hydrogens is 629 g/mol. The van der Waals surface area contributed by atoms with E-state index in [1.807, 2.05) is 0 Å². The highest BCUT2D eigenvalue weighted by Gasteiger charge is 2.61. The second kappa shape index (κ2) is 12.4. The summed E-state index contributed by atoms with van der Waals surface area (Å²) < 4.78 is 84.9. The van der Waals surface area contributed by atoms with E-state index in [2.05, 4.69) is 15.3 Å². The van der Waals surface area contributed by atoms with Gasteiger partial charge in [0.15, 0.2) is 28.3 Å². The standard InChI is InChI=1S/C28H30F5N5O6S/c1-27(2,26(40)41)17(42-3)10-38-22-16(11-44-38)37(12-28(22,32)33)9-15-18(25(39)43-4)21(13-5-6-14(29)20(31)19(13)30)36-23(35-15)24-34-7-8-45-24/h5-8,16-17,21-22H,9-12H2,1-4H3,(H,35,36)(H,40,41)/t16-,17-,21+,22+/m1/s1. The number of hydrogen-bond donors (Lipinski definition) is 2. The first kappa shape index (κ1) is 32.9. The van der Waals surface area contributed by atoms with Crippen LogP contribution in [-0.2, 0) is 23.9 Å². The molecule has 0 saturated carbocycles. The predicted octanol–water partition coefficient (Wildman–Crippen LogP) is 3.14. The van der Waals surface area contributed by atoms with Crippen LogP contribution in [0.4, 0.5) is 22.0 Å². The van der Waals surface area contributed by atoms with Crippen LogP contribution in [0.1, 0.15) is 30.5 Å². The maximum atomic E-state index is 15.7. The molecule has 0 unspecified atom stereocenters. The number of carbonyl (C=O) groups is 2. The van der Waals surface area contributed by atoms with Crippen LogP contribution in [0.5, 0.6) is 0 Å². The van der Waals surface area contributed by atoms with E-state index in [0.717, 1.165) is 29.6 Å². The first-order valence-electron chi connectivity index (χ1n) is 13.7. The van der Waals surface area contributed by atoms with Gasteiger partial charge in [-0.05, 0) is 19.9 Å². The Morgan fingerprint density at radius 3 is 2.60 bits per heavy atom. The summed E-state index contributed by atoms with van der Waals surface area (Å²) in [6.07, 6.45) is 0.460. The Hall–Kier alpha value is -3.51. The average molecular weight is 660 g/mol. The smallest absolute Gasteiger partial charge is 0.338 e. The number of aliphatic imine (C=N–C) groups is 1. The molecule has 4 atom stereocenters. The van der Waals surface area contributed by atoms with Gasteiger partial charge in [0, 0.05) is 36.5 Å².